The summed E-state index contributed by atoms with van der Waals surface area (Å²) in [5.41, 5.74) is 3.98. The molecule has 0 saturated carbocycles. The van der Waals surface area contributed by atoms with Crippen molar-refractivity contribution < 1.29 is 14.7 Å². The lowest BCUT2D eigenvalue weighted by Gasteiger charge is -2.47. The van der Waals surface area contributed by atoms with Crippen molar-refractivity contribution in [2.24, 2.45) is 10.9 Å². The van der Waals surface area contributed by atoms with Crippen molar-refractivity contribution in [1.29, 1.82) is 0 Å². The van der Waals surface area contributed by atoms with Gasteiger partial charge in [-0.15, -0.1) is 0 Å². The van der Waals surface area contributed by atoms with Gasteiger partial charge in [-0.05, 0) is 73.3 Å². The van der Waals surface area contributed by atoms with E-state index in [1.54, 1.807) is 42.5 Å². The summed E-state index contributed by atoms with van der Waals surface area (Å²) in [6, 6.07) is 12.1. The van der Waals surface area contributed by atoms with Crippen molar-refractivity contribution in [3.05, 3.63) is 91.9 Å². The fourth-order valence-electron chi connectivity index (χ4n) is 6.57. The predicted molar refractivity (Wildman–Crippen MR) is 152 cm³/mol. The number of hydrogen-bond acceptors (Lipinski definition) is 7. The van der Waals surface area contributed by atoms with Gasteiger partial charge in [0.2, 0.25) is 0 Å². The van der Waals surface area contributed by atoms with Crippen LogP contribution in [0.25, 0.3) is 0 Å². The van der Waals surface area contributed by atoms with Gasteiger partial charge >= 0.3 is 0 Å². The number of hydrogen-bond donors (Lipinski definition) is 3. The van der Waals surface area contributed by atoms with Crippen molar-refractivity contribution in [2.75, 3.05) is 31.5 Å². The highest BCUT2D eigenvalue weighted by Gasteiger charge is 2.47. The van der Waals surface area contributed by atoms with Crippen LogP contribution in [0.15, 0.2) is 58.4 Å². The van der Waals surface area contributed by atoms with Crippen LogP contribution in [0.2, 0.25) is 5.02 Å². The van der Waals surface area contributed by atoms with Gasteiger partial charge in [0.1, 0.15) is 0 Å². The number of fused-ring (bicyclic) bond motifs is 5. The molecule has 3 fully saturated rings. The third-order valence-corrected chi connectivity index (χ3v) is 8.89. The highest BCUT2D eigenvalue weighted by atomic mass is 35.5. The van der Waals surface area contributed by atoms with Gasteiger partial charge < -0.3 is 20.3 Å². The molecule has 8 rings (SSSR count). The van der Waals surface area contributed by atoms with Gasteiger partial charge in [-0.2, -0.15) is 0 Å². The van der Waals surface area contributed by atoms with Crippen LogP contribution in [-0.2, 0) is 6.42 Å². The molecule has 2 amide bonds. The maximum atomic E-state index is 13.5. The average Bonchev–Trinajstić information content (AvgIpc) is 3.48. The van der Waals surface area contributed by atoms with Gasteiger partial charge in [-0.25, -0.2) is 0 Å². The zero-order valence-electron chi connectivity index (χ0n) is 21.7. The number of anilines is 1. The van der Waals surface area contributed by atoms with Crippen LogP contribution in [0.4, 0.5) is 11.4 Å². The summed E-state index contributed by atoms with van der Waals surface area (Å²) in [5, 5.41) is 14.4. The van der Waals surface area contributed by atoms with Crippen LogP contribution in [0, 0.1) is 5.92 Å². The number of benzene rings is 2. The van der Waals surface area contributed by atoms with E-state index in [1.165, 1.54) is 11.1 Å². The number of imide groups is 1. The van der Waals surface area contributed by atoms with Crippen LogP contribution in [0.1, 0.15) is 56.4 Å². The van der Waals surface area contributed by atoms with Crippen LogP contribution >= 0.6 is 11.6 Å². The van der Waals surface area contributed by atoms with Crippen LogP contribution in [0.5, 0.6) is 0 Å². The van der Waals surface area contributed by atoms with Gasteiger partial charge in [-0.1, -0.05) is 23.7 Å². The molecule has 2 aromatic carbocycles. The zero-order chi connectivity index (χ0) is 27.5. The quantitative estimate of drug-likeness (QED) is 0.399. The summed E-state index contributed by atoms with van der Waals surface area (Å²) in [6.45, 7) is 2.97. The molecule has 1 aromatic heterocycles. The number of H-pyrrole nitrogens is 1. The van der Waals surface area contributed by atoms with E-state index in [2.05, 4.69) is 15.2 Å². The second-order valence-corrected chi connectivity index (χ2v) is 11.4. The molecule has 0 aliphatic carbocycles. The number of aliphatic hydroxyl groups excluding tert-OH is 1. The number of carbonyl (C=O) groups excluding carboxylic acids is 2. The first kappa shape index (κ1) is 25.2. The average molecular weight is 558 g/mol. The van der Waals surface area contributed by atoms with E-state index in [4.69, 9.17) is 16.6 Å². The number of nitrogens with one attached hydrogen (secondary N) is 2. The van der Waals surface area contributed by atoms with Gasteiger partial charge in [0, 0.05) is 30.7 Å². The number of aliphatic hydroxyl groups is 1. The number of amides is 2. The Labute approximate surface area is 235 Å². The number of halogens is 1. The largest absolute Gasteiger partial charge is 0.387 e. The number of piperidine rings is 3. The summed E-state index contributed by atoms with van der Waals surface area (Å²) in [4.78, 5) is 51.2. The minimum atomic E-state index is -0.840. The van der Waals surface area contributed by atoms with E-state index in [1.807, 2.05) is 0 Å². The number of aromatic nitrogens is 1. The third kappa shape index (κ3) is 4.16. The number of carbonyl (C=O) groups is 2. The van der Waals surface area contributed by atoms with Gasteiger partial charge in [0.05, 0.1) is 45.9 Å². The molecular weight excluding hydrogens is 530 g/mol. The first-order chi connectivity index (χ1) is 19.4. The van der Waals surface area contributed by atoms with E-state index < -0.39 is 6.10 Å². The lowest BCUT2D eigenvalue weighted by atomic mass is 9.83. The number of nitrogens with zero attached hydrogens (tertiary/aromatic N) is 3. The maximum absolute atomic E-state index is 13.5. The summed E-state index contributed by atoms with van der Waals surface area (Å²) < 4.78 is 0. The number of pyridine rings is 1. The number of aromatic amines is 1. The molecule has 3 aromatic rings. The molecule has 5 aliphatic heterocycles. The topological polar surface area (TPSA) is 118 Å². The van der Waals surface area contributed by atoms with Crippen molar-refractivity contribution in [1.82, 2.24) is 14.8 Å². The fraction of sp³-hybridized carbons (Fsp3) is 0.333. The summed E-state index contributed by atoms with van der Waals surface area (Å²) >= 11 is 6.06. The highest BCUT2D eigenvalue weighted by molar-refractivity contribution is 6.30. The monoisotopic (exact) mass is 557 g/mol. The Bertz CT molecular complexity index is 1640. The van der Waals surface area contributed by atoms with Crippen LogP contribution in [0.3, 0.4) is 0 Å². The molecule has 0 spiro atoms. The molecular formula is C30H28ClN5O4. The Morgan fingerprint density at radius 2 is 1.85 bits per heavy atom. The summed E-state index contributed by atoms with van der Waals surface area (Å²) in [7, 11) is 0. The minimum absolute atomic E-state index is 0.0809. The zero-order valence-corrected chi connectivity index (χ0v) is 22.4. The van der Waals surface area contributed by atoms with Crippen molar-refractivity contribution >= 4 is 40.5 Å². The second kappa shape index (κ2) is 9.69. The molecule has 3 N–H and O–H groups in total. The third-order valence-electron chi connectivity index (χ3n) is 8.65. The highest BCUT2D eigenvalue weighted by Crippen LogP contribution is 2.39. The predicted octanol–water partition coefficient (Wildman–Crippen LogP) is 3.54. The first-order valence-corrected chi connectivity index (χ1v) is 14.0. The van der Waals surface area contributed by atoms with Gasteiger partial charge in [-0.3, -0.25) is 24.3 Å². The van der Waals surface area contributed by atoms with Crippen molar-refractivity contribution in [3.63, 3.8) is 0 Å². The van der Waals surface area contributed by atoms with E-state index in [-0.39, 0.29) is 30.0 Å². The minimum Gasteiger partial charge on any atom is -0.387 e. The smallest absolute Gasteiger partial charge is 0.261 e. The van der Waals surface area contributed by atoms with E-state index in [0.29, 0.717) is 56.7 Å². The van der Waals surface area contributed by atoms with Crippen molar-refractivity contribution in [3.8, 4) is 0 Å². The van der Waals surface area contributed by atoms with E-state index in [0.717, 1.165) is 38.0 Å². The molecule has 9 nitrogen and oxygen atoms in total. The Kier molecular flexibility index (Phi) is 6.10. The van der Waals surface area contributed by atoms with Crippen LogP contribution < -0.4 is 10.9 Å². The second-order valence-electron chi connectivity index (χ2n) is 11.0. The molecule has 2 atom stereocenters. The molecule has 204 valence electrons. The molecule has 2 bridgehead atoms. The fourth-order valence-corrected chi connectivity index (χ4v) is 6.77. The number of aliphatic imine (C=N–C) groups is 1. The molecule has 10 heteroatoms. The van der Waals surface area contributed by atoms with Gasteiger partial charge in [0.15, 0.2) is 0 Å². The summed E-state index contributed by atoms with van der Waals surface area (Å²) in [5.74, 6) is -0.123. The van der Waals surface area contributed by atoms with Crippen molar-refractivity contribution in [2.45, 2.75) is 31.4 Å². The van der Waals surface area contributed by atoms with E-state index >= 15 is 0 Å². The maximum Gasteiger partial charge on any atom is 0.261 e. The van der Waals surface area contributed by atoms with E-state index in [9.17, 15) is 19.5 Å². The Hall–Kier alpha value is -3.79. The van der Waals surface area contributed by atoms with Gasteiger partial charge in [0.25, 0.3) is 17.4 Å². The molecule has 5 aliphatic rings. The Morgan fingerprint density at radius 1 is 1.07 bits per heavy atom. The normalized spacial score (nSPS) is 23.7. The molecule has 0 unspecified atom stereocenters. The lowest BCUT2D eigenvalue weighted by molar-refractivity contribution is 0.0120. The van der Waals surface area contributed by atoms with Crippen LogP contribution in [-0.4, -0.2) is 69.6 Å². The lowest BCUT2D eigenvalue weighted by Crippen LogP contribution is -2.58. The molecule has 40 heavy (non-hydrogen) atoms. The SMILES string of the molecule is O=C1c2cc3c(cc2C(=O)N1[C@@H]1CN2CCC1CC2)N=C(c1c(NC[C@@H](O)c2cccc(Cl)c2)cc[nH]c1=O)C3. The molecule has 3 saturated heterocycles. The number of rotatable bonds is 6. The molecule has 0 radical (unpaired) electrons. The molecule has 6 heterocycles. The Morgan fingerprint density at radius 3 is 2.58 bits per heavy atom. The first-order valence-electron chi connectivity index (χ1n) is 13.6. The Balaban J connectivity index is 1.15. The standard InChI is InChI=1S/C30H28ClN5O4/c31-19-3-1-2-17(10-19)26(37)14-33-22-4-7-32-28(38)27(22)24-12-18-11-20-21(13-23(18)34-24)30(40)36(29(20)39)25-15-35-8-5-16(25)6-9-35/h1-4,7,10-11,13,16,25-26,37H,5-6,8-9,12,14-15H2,(H2,32,33,38)/t25-,26-/m1/s1. The summed E-state index contributed by atoms with van der Waals surface area (Å²) in [6.07, 6.45) is 3.08.